The van der Waals surface area contributed by atoms with Crippen LogP contribution >= 0.6 is 0 Å². The molecule has 0 fully saturated rings. The fourth-order valence-corrected chi connectivity index (χ4v) is 0.624. The van der Waals surface area contributed by atoms with Crippen LogP contribution in [0.3, 0.4) is 0 Å². The Morgan fingerprint density at radius 1 is 1.58 bits per heavy atom. The first kappa shape index (κ1) is 8.05. The van der Waals surface area contributed by atoms with E-state index in [1.54, 1.807) is 0 Å². The molecule has 4 N–H and O–H groups in total. The van der Waals surface area contributed by atoms with E-state index in [-0.39, 0.29) is 0 Å². The van der Waals surface area contributed by atoms with Gasteiger partial charge >= 0.3 is 11.7 Å². The number of nitrogens with zero attached hydrogens (tertiary/aromatic N) is 1. The molecule has 0 aliphatic heterocycles. The van der Waals surface area contributed by atoms with Crippen molar-refractivity contribution in [3.63, 3.8) is 0 Å². The first-order chi connectivity index (χ1) is 5.59. The zero-order valence-electron chi connectivity index (χ0n) is 5.90. The lowest BCUT2D eigenvalue weighted by Gasteiger charge is -2.01. The molecule has 64 valence electrons. The summed E-state index contributed by atoms with van der Waals surface area (Å²) in [5.41, 5.74) is 5.41. The van der Waals surface area contributed by atoms with E-state index < -0.39 is 17.3 Å². The van der Waals surface area contributed by atoms with Gasteiger partial charge in [0.2, 0.25) is 0 Å². The van der Waals surface area contributed by atoms with E-state index in [4.69, 9.17) is 5.73 Å². The lowest BCUT2D eigenvalue weighted by molar-refractivity contribution is 0.256. The summed E-state index contributed by atoms with van der Waals surface area (Å²) in [5, 5.41) is 0. The predicted molar refractivity (Wildman–Crippen MR) is 40.3 cm³/mol. The third-order valence-electron chi connectivity index (χ3n) is 1.05. The predicted octanol–water partition coefficient (Wildman–Crippen LogP) is -1.84. The zero-order chi connectivity index (χ0) is 9.14. The van der Waals surface area contributed by atoms with E-state index in [1.807, 2.05) is 10.4 Å². The van der Waals surface area contributed by atoms with Gasteiger partial charge in [-0.1, -0.05) is 0 Å². The molecule has 0 aliphatic rings. The van der Waals surface area contributed by atoms with Crippen molar-refractivity contribution >= 4 is 6.03 Å². The quantitative estimate of drug-likeness (QED) is 0.460. The average Bonchev–Trinajstić information content (AvgIpc) is 1.94. The molecule has 7 heteroatoms. The molecule has 0 aromatic carbocycles. The SMILES string of the molecule is NC(=O)Nn1ccc(=O)[nH]c1=O. The van der Waals surface area contributed by atoms with Gasteiger partial charge in [0.15, 0.2) is 0 Å². The number of H-pyrrole nitrogens is 1. The molecule has 0 aliphatic carbocycles. The summed E-state index contributed by atoms with van der Waals surface area (Å²) in [7, 11) is 0. The molecule has 1 aromatic heterocycles. The van der Waals surface area contributed by atoms with Crippen molar-refractivity contribution in [2.75, 3.05) is 5.43 Å². The minimum atomic E-state index is -0.885. The van der Waals surface area contributed by atoms with Crippen LogP contribution in [-0.4, -0.2) is 15.7 Å². The summed E-state index contributed by atoms with van der Waals surface area (Å²) in [4.78, 5) is 33.5. The second-order valence-corrected chi connectivity index (χ2v) is 1.96. The maximum Gasteiger partial charge on any atom is 0.347 e. The van der Waals surface area contributed by atoms with Crippen molar-refractivity contribution in [2.24, 2.45) is 5.73 Å². The summed E-state index contributed by atoms with van der Waals surface area (Å²) >= 11 is 0. The van der Waals surface area contributed by atoms with E-state index in [0.29, 0.717) is 0 Å². The highest BCUT2D eigenvalue weighted by Gasteiger charge is 1.96. The summed E-state index contributed by atoms with van der Waals surface area (Å²) in [6, 6.07) is 0.196. The van der Waals surface area contributed by atoms with Crippen LogP contribution in [0.25, 0.3) is 0 Å². The summed E-state index contributed by atoms with van der Waals surface area (Å²) < 4.78 is 0.768. The molecular weight excluding hydrogens is 164 g/mol. The maximum atomic E-state index is 10.8. The molecule has 0 bridgehead atoms. The van der Waals surface area contributed by atoms with Crippen molar-refractivity contribution in [2.45, 2.75) is 0 Å². The van der Waals surface area contributed by atoms with E-state index in [1.165, 1.54) is 0 Å². The molecule has 0 radical (unpaired) electrons. The number of carbonyl (C=O) groups is 1. The third-order valence-corrected chi connectivity index (χ3v) is 1.05. The molecule has 2 amide bonds. The van der Waals surface area contributed by atoms with E-state index in [0.717, 1.165) is 16.9 Å². The number of amides is 2. The van der Waals surface area contributed by atoms with Gasteiger partial charge < -0.3 is 5.73 Å². The molecule has 0 atom stereocenters. The molecule has 0 unspecified atom stereocenters. The molecule has 0 spiro atoms. The number of urea groups is 1. The largest absolute Gasteiger partial charge is 0.350 e. The first-order valence-electron chi connectivity index (χ1n) is 2.98. The Bertz CT molecular complexity index is 404. The average molecular weight is 170 g/mol. The van der Waals surface area contributed by atoms with Crippen LogP contribution in [0.4, 0.5) is 4.79 Å². The molecular formula is C5H6N4O3. The minimum absolute atomic E-state index is 0.539. The Labute approximate surface area is 65.8 Å². The van der Waals surface area contributed by atoms with Crippen LogP contribution in [0, 0.1) is 0 Å². The second kappa shape index (κ2) is 2.91. The highest BCUT2D eigenvalue weighted by atomic mass is 16.2. The van der Waals surface area contributed by atoms with E-state index in [9.17, 15) is 14.4 Å². The van der Waals surface area contributed by atoms with Gasteiger partial charge in [-0.05, 0) is 0 Å². The number of primary amides is 1. The van der Waals surface area contributed by atoms with Crippen molar-refractivity contribution in [3.8, 4) is 0 Å². The van der Waals surface area contributed by atoms with Gasteiger partial charge in [0.1, 0.15) is 0 Å². The highest BCUT2D eigenvalue weighted by Crippen LogP contribution is 1.67. The molecule has 1 aromatic rings. The Morgan fingerprint density at radius 2 is 2.25 bits per heavy atom. The van der Waals surface area contributed by atoms with Crippen molar-refractivity contribution in [1.82, 2.24) is 9.66 Å². The number of rotatable bonds is 1. The third kappa shape index (κ3) is 1.72. The van der Waals surface area contributed by atoms with Gasteiger partial charge in [0.25, 0.3) is 5.56 Å². The monoisotopic (exact) mass is 170 g/mol. The minimum Gasteiger partial charge on any atom is -0.350 e. The lowest BCUT2D eigenvalue weighted by Crippen LogP contribution is -2.39. The Kier molecular flexibility index (Phi) is 1.95. The Morgan fingerprint density at radius 3 is 2.75 bits per heavy atom. The maximum absolute atomic E-state index is 10.8. The normalized spacial score (nSPS) is 9.33. The molecule has 7 nitrogen and oxygen atoms in total. The van der Waals surface area contributed by atoms with Gasteiger partial charge in [0.05, 0.1) is 0 Å². The van der Waals surface area contributed by atoms with Crippen molar-refractivity contribution in [3.05, 3.63) is 33.1 Å². The smallest absolute Gasteiger partial charge is 0.347 e. The van der Waals surface area contributed by atoms with Crippen LogP contribution in [0.5, 0.6) is 0 Å². The molecule has 0 saturated carbocycles. The Hall–Kier alpha value is -2.05. The van der Waals surface area contributed by atoms with Gasteiger partial charge in [0, 0.05) is 12.3 Å². The van der Waals surface area contributed by atoms with E-state index >= 15 is 0 Å². The van der Waals surface area contributed by atoms with Crippen LogP contribution in [-0.2, 0) is 0 Å². The van der Waals surface area contributed by atoms with Gasteiger partial charge in [-0.2, -0.15) is 0 Å². The lowest BCUT2D eigenvalue weighted by atomic mass is 10.7. The number of hydrogen-bond acceptors (Lipinski definition) is 3. The molecule has 1 heterocycles. The van der Waals surface area contributed by atoms with Gasteiger partial charge in [-0.25, -0.2) is 19.7 Å². The standard InChI is InChI=1S/C5H6N4O3/c6-4(11)8-9-2-1-3(10)7-5(9)12/h1-2H,(H3,6,8,11)(H,7,10,12). The highest BCUT2D eigenvalue weighted by molar-refractivity contribution is 5.79. The topological polar surface area (TPSA) is 110 Å². The van der Waals surface area contributed by atoms with Crippen molar-refractivity contribution in [1.29, 1.82) is 0 Å². The number of aromatic nitrogens is 2. The van der Waals surface area contributed by atoms with E-state index in [2.05, 4.69) is 0 Å². The number of nitrogens with one attached hydrogen (secondary N) is 2. The second-order valence-electron chi connectivity index (χ2n) is 1.96. The van der Waals surface area contributed by atoms with Gasteiger partial charge in [-0.15, -0.1) is 0 Å². The van der Waals surface area contributed by atoms with Crippen LogP contribution in [0.15, 0.2) is 21.9 Å². The zero-order valence-corrected chi connectivity index (χ0v) is 5.90. The van der Waals surface area contributed by atoms with Crippen LogP contribution in [0.1, 0.15) is 0 Å². The summed E-state index contributed by atoms with van der Waals surface area (Å²) in [5.74, 6) is 0. The van der Waals surface area contributed by atoms with Gasteiger partial charge in [-0.3, -0.25) is 9.78 Å². The molecule has 12 heavy (non-hydrogen) atoms. The summed E-state index contributed by atoms with van der Waals surface area (Å²) in [6.07, 6.45) is 1.10. The Balaban J connectivity index is 3.10. The molecule has 0 saturated heterocycles. The fourth-order valence-electron chi connectivity index (χ4n) is 0.624. The fraction of sp³-hybridized carbons (Fsp3) is 0. The van der Waals surface area contributed by atoms with Crippen LogP contribution in [0.2, 0.25) is 0 Å². The summed E-state index contributed by atoms with van der Waals surface area (Å²) in [6.45, 7) is 0. The number of aromatic amines is 1. The molecule has 1 rings (SSSR count). The van der Waals surface area contributed by atoms with Crippen molar-refractivity contribution < 1.29 is 4.79 Å². The first-order valence-corrected chi connectivity index (χ1v) is 2.98. The number of nitrogens with two attached hydrogens (primary N) is 1. The number of hydrogen-bond donors (Lipinski definition) is 3. The van der Waals surface area contributed by atoms with Crippen LogP contribution < -0.4 is 22.4 Å². The number of carbonyl (C=O) groups excluding carboxylic acids is 1.